The van der Waals surface area contributed by atoms with Crippen molar-refractivity contribution < 1.29 is 4.79 Å². The lowest BCUT2D eigenvalue weighted by Crippen LogP contribution is -2.12. The van der Waals surface area contributed by atoms with Gasteiger partial charge in [0.1, 0.15) is 5.82 Å². The van der Waals surface area contributed by atoms with Gasteiger partial charge in [0.25, 0.3) is 5.91 Å². The number of pyridine rings is 1. The van der Waals surface area contributed by atoms with E-state index in [-0.39, 0.29) is 5.91 Å². The van der Waals surface area contributed by atoms with E-state index in [0.29, 0.717) is 11.4 Å². The number of anilines is 1. The van der Waals surface area contributed by atoms with Crippen LogP contribution >= 0.6 is 11.3 Å². The lowest BCUT2D eigenvalue weighted by Gasteiger charge is -2.05. The average molecular weight is 269 g/mol. The highest BCUT2D eigenvalue weighted by molar-refractivity contribution is 7.16. The van der Waals surface area contributed by atoms with E-state index in [2.05, 4.69) is 15.3 Å². The predicted molar refractivity (Wildman–Crippen MR) is 76.5 cm³/mol. The normalized spacial score (nSPS) is 10.6. The maximum Gasteiger partial charge on any atom is 0.256 e. The van der Waals surface area contributed by atoms with E-state index < -0.39 is 0 Å². The van der Waals surface area contributed by atoms with E-state index in [1.165, 1.54) is 11.3 Å². The second kappa shape index (κ2) is 4.78. The van der Waals surface area contributed by atoms with Crippen molar-refractivity contribution in [1.29, 1.82) is 0 Å². The van der Waals surface area contributed by atoms with Crippen LogP contribution in [0.2, 0.25) is 0 Å². The molecular weight excluding hydrogens is 258 g/mol. The summed E-state index contributed by atoms with van der Waals surface area (Å²) in [6, 6.07) is 11.0. The molecule has 1 N–H and O–H groups in total. The monoisotopic (exact) mass is 269 g/mol. The van der Waals surface area contributed by atoms with Crippen LogP contribution in [0.5, 0.6) is 0 Å². The number of nitrogens with zero attached hydrogens (tertiary/aromatic N) is 2. The third-order valence-electron chi connectivity index (χ3n) is 2.72. The molecule has 5 heteroatoms. The minimum atomic E-state index is -0.159. The van der Waals surface area contributed by atoms with Crippen LogP contribution in [0.15, 0.2) is 41.9 Å². The zero-order chi connectivity index (χ0) is 13.2. The summed E-state index contributed by atoms with van der Waals surface area (Å²) in [5.74, 6) is 0.405. The number of thiazole rings is 1. The molecule has 0 radical (unpaired) electrons. The van der Waals surface area contributed by atoms with Crippen LogP contribution in [0.3, 0.4) is 0 Å². The number of aromatic nitrogens is 2. The molecule has 0 aliphatic rings. The number of carbonyl (C=O) groups is 1. The molecule has 94 valence electrons. The zero-order valence-corrected chi connectivity index (χ0v) is 11.1. The largest absolute Gasteiger partial charge is 0.307 e. The third kappa shape index (κ3) is 2.46. The van der Waals surface area contributed by atoms with Gasteiger partial charge in [-0.15, -0.1) is 11.3 Å². The molecule has 3 rings (SSSR count). The Hall–Kier alpha value is -2.27. The second-order valence-corrected chi connectivity index (χ2v) is 5.04. The molecule has 0 unspecified atom stereocenters. The van der Waals surface area contributed by atoms with Gasteiger partial charge in [0.15, 0.2) is 0 Å². The van der Waals surface area contributed by atoms with E-state index in [0.717, 1.165) is 15.9 Å². The van der Waals surface area contributed by atoms with E-state index in [4.69, 9.17) is 0 Å². The van der Waals surface area contributed by atoms with Crippen molar-refractivity contribution in [3.05, 3.63) is 53.2 Å². The maximum atomic E-state index is 12.1. The fraction of sp³-hybridized carbons (Fsp3) is 0.0714. The molecule has 4 nitrogen and oxygen atoms in total. The van der Waals surface area contributed by atoms with Gasteiger partial charge in [0.05, 0.1) is 15.7 Å². The summed E-state index contributed by atoms with van der Waals surface area (Å²) in [6.07, 6.45) is 0. The van der Waals surface area contributed by atoms with Gasteiger partial charge in [0.2, 0.25) is 0 Å². The summed E-state index contributed by atoms with van der Waals surface area (Å²) < 4.78 is 1.00. The Morgan fingerprint density at radius 2 is 2.16 bits per heavy atom. The standard InChI is InChI=1S/C14H11N3OS/c1-9-3-2-4-13(16-9)17-14(18)10-5-6-11-12(7-10)19-8-15-11/h2-8H,1H3,(H,16,17,18). The third-order valence-corrected chi connectivity index (χ3v) is 3.52. The number of rotatable bonds is 2. The highest BCUT2D eigenvalue weighted by atomic mass is 32.1. The number of carbonyl (C=O) groups excluding carboxylic acids is 1. The number of nitrogens with one attached hydrogen (secondary N) is 1. The minimum absolute atomic E-state index is 0.159. The first kappa shape index (κ1) is 11.8. The second-order valence-electron chi connectivity index (χ2n) is 4.15. The zero-order valence-electron chi connectivity index (χ0n) is 10.3. The minimum Gasteiger partial charge on any atom is -0.307 e. The van der Waals surface area contributed by atoms with Gasteiger partial charge in [-0.1, -0.05) is 6.07 Å². The first-order valence-electron chi connectivity index (χ1n) is 5.81. The Morgan fingerprint density at radius 1 is 1.26 bits per heavy atom. The molecule has 0 spiro atoms. The maximum absolute atomic E-state index is 12.1. The molecule has 0 saturated carbocycles. The Balaban J connectivity index is 1.87. The number of hydrogen-bond acceptors (Lipinski definition) is 4. The van der Waals surface area contributed by atoms with Gasteiger partial charge >= 0.3 is 0 Å². The lowest BCUT2D eigenvalue weighted by atomic mass is 10.2. The van der Waals surface area contributed by atoms with E-state index >= 15 is 0 Å². The summed E-state index contributed by atoms with van der Waals surface area (Å²) in [5.41, 5.74) is 4.17. The Labute approximate surface area is 114 Å². The van der Waals surface area contributed by atoms with Gasteiger partial charge < -0.3 is 5.32 Å². The Kier molecular flexibility index (Phi) is 2.97. The predicted octanol–water partition coefficient (Wildman–Crippen LogP) is 3.25. The van der Waals surface area contributed by atoms with E-state index in [1.807, 2.05) is 31.2 Å². The molecular formula is C14H11N3OS. The van der Waals surface area contributed by atoms with Crippen LogP contribution in [-0.4, -0.2) is 15.9 Å². The first-order valence-corrected chi connectivity index (χ1v) is 6.68. The molecule has 1 aromatic carbocycles. The van der Waals surface area contributed by atoms with Gasteiger partial charge in [-0.25, -0.2) is 9.97 Å². The SMILES string of the molecule is Cc1cccc(NC(=O)c2ccc3ncsc3c2)n1. The molecule has 0 aliphatic carbocycles. The van der Waals surface area contributed by atoms with Gasteiger partial charge in [-0.05, 0) is 37.3 Å². The fourth-order valence-electron chi connectivity index (χ4n) is 1.80. The number of fused-ring (bicyclic) bond motifs is 1. The smallest absolute Gasteiger partial charge is 0.256 e. The van der Waals surface area contributed by atoms with Crippen molar-refractivity contribution in [3.63, 3.8) is 0 Å². The summed E-state index contributed by atoms with van der Waals surface area (Å²) in [4.78, 5) is 20.6. The van der Waals surface area contributed by atoms with Crippen LogP contribution in [-0.2, 0) is 0 Å². The van der Waals surface area contributed by atoms with Crippen LogP contribution in [0.1, 0.15) is 16.1 Å². The van der Waals surface area contributed by atoms with E-state index in [1.54, 1.807) is 17.6 Å². The highest BCUT2D eigenvalue weighted by Crippen LogP contribution is 2.19. The van der Waals surface area contributed by atoms with Crippen molar-refractivity contribution in [1.82, 2.24) is 9.97 Å². The van der Waals surface area contributed by atoms with Crippen molar-refractivity contribution in [2.75, 3.05) is 5.32 Å². The molecule has 19 heavy (non-hydrogen) atoms. The van der Waals surface area contributed by atoms with Gasteiger partial charge in [0, 0.05) is 11.3 Å². The molecule has 0 aliphatic heterocycles. The Morgan fingerprint density at radius 3 is 3.00 bits per heavy atom. The summed E-state index contributed by atoms with van der Waals surface area (Å²) in [7, 11) is 0. The highest BCUT2D eigenvalue weighted by Gasteiger charge is 2.08. The van der Waals surface area contributed by atoms with Crippen molar-refractivity contribution in [3.8, 4) is 0 Å². The van der Waals surface area contributed by atoms with Crippen LogP contribution in [0.4, 0.5) is 5.82 Å². The molecule has 0 atom stereocenters. The number of amides is 1. The fourth-order valence-corrected chi connectivity index (χ4v) is 2.51. The van der Waals surface area contributed by atoms with Crippen LogP contribution in [0.25, 0.3) is 10.2 Å². The molecule has 2 aromatic heterocycles. The summed E-state index contributed by atoms with van der Waals surface area (Å²) in [5, 5.41) is 2.79. The average Bonchev–Trinajstić information content (AvgIpc) is 2.85. The summed E-state index contributed by atoms with van der Waals surface area (Å²) in [6.45, 7) is 1.89. The lowest BCUT2D eigenvalue weighted by molar-refractivity contribution is 0.102. The molecule has 0 bridgehead atoms. The molecule has 0 saturated heterocycles. The summed E-state index contributed by atoms with van der Waals surface area (Å²) >= 11 is 1.52. The molecule has 2 heterocycles. The Bertz CT molecular complexity index is 751. The topological polar surface area (TPSA) is 54.9 Å². The van der Waals surface area contributed by atoms with Crippen molar-refractivity contribution in [2.24, 2.45) is 0 Å². The molecule has 3 aromatic rings. The quantitative estimate of drug-likeness (QED) is 0.777. The van der Waals surface area contributed by atoms with E-state index in [9.17, 15) is 4.79 Å². The van der Waals surface area contributed by atoms with Gasteiger partial charge in [-0.2, -0.15) is 0 Å². The van der Waals surface area contributed by atoms with Crippen LogP contribution < -0.4 is 5.32 Å². The number of benzene rings is 1. The van der Waals surface area contributed by atoms with Gasteiger partial charge in [-0.3, -0.25) is 4.79 Å². The molecule has 1 amide bonds. The number of hydrogen-bond donors (Lipinski definition) is 1. The van der Waals surface area contributed by atoms with Crippen molar-refractivity contribution in [2.45, 2.75) is 6.92 Å². The number of aryl methyl sites for hydroxylation is 1. The van der Waals surface area contributed by atoms with Crippen molar-refractivity contribution >= 4 is 33.3 Å². The molecule has 0 fully saturated rings. The first-order chi connectivity index (χ1) is 9.22. The van der Waals surface area contributed by atoms with Crippen LogP contribution in [0, 0.1) is 6.92 Å².